The average molecular weight is 342 g/mol. The fraction of sp³-hybridized carbons (Fsp3) is 0.500. The maximum atomic E-state index is 12.9. The number of likely N-dealkylation sites (tertiary alicyclic amines) is 2. The van der Waals surface area contributed by atoms with E-state index in [1.807, 2.05) is 9.80 Å². The van der Waals surface area contributed by atoms with Gasteiger partial charge in [0.15, 0.2) is 0 Å². The lowest BCUT2D eigenvalue weighted by Gasteiger charge is -2.52. The normalized spacial score (nSPS) is 23.6. The Balaban J connectivity index is 1.80. The summed E-state index contributed by atoms with van der Waals surface area (Å²) in [5.41, 5.74) is 0.430. The van der Waals surface area contributed by atoms with Gasteiger partial charge in [0, 0.05) is 31.6 Å². The zero-order chi connectivity index (χ0) is 17.9. The molecule has 2 aliphatic rings. The quantitative estimate of drug-likeness (QED) is 0.791. The highest BCUT2D eigenvalue weighted by Gasteiger charge is 2.45. The number of piperidine rings is 2. The van der Waals surface area contributed by atoms with E-state index in [0.29, 0.717) is 25.1 Å². The number of hydrogen-bond acceptors (Lipinski definition) is 3. The monoisotopic (exact) mass is 342 g/mol. The second-order valence-electron chi connectivity index (χ2n) is 6.93. The molecule has 2 saturated heterocycles. The number of ether oxygens (including phenoxy) is 1. The van der Waals surface area contributed by atoms with Gasteiger partial charge in [-0.2, -0.15) is 0 Å². The number of carbonyl (C=O) groups excluding carboxylic acids is 2. The molecule has 1 unspecified atom stereocenters. The summed E-state index contributed by atoms with van der Waals surface area (Å²) in [6.07, 6.45) is 6.12. The van der Waals surface area contributed by atoms with Crippen molar-refractivity contribution in [3.05, 3.63) is 42.5 Å². The number of amides is 2. The van der Waals surface area contributed by atoms with E-state index in [1.54, 1.807) is 37.5 Å². The van der Waals surface area contributed by atoms with E-state index in [1.165, 1.54) is 0 Å². The van der Waals surface area contributed by atoms with Crippen LogP contribution in [0.15, 0.2) is 36.9 Å². The van der Waals surface area contributed by atoms with Crippen LogP contribution in [0, 0.1) is 0 Å². The van der Waals surface area contributed by atoms with Gasteiger partial charge in [-0.15, -0.1) is 6.58 Å². The lowest BCUT2D eigenvalue weighted by molar-refractivity contribution is -0.143. The van der Waals surface area contributed by atoms with Gasteiger partial charge in [0.25, 0.3) is 5.91 Å². The first-order valence-corrected chi connectivity index (χ1v) is 8.94. The van der Waals surface area contributed by atoms with Crippen LogP contribution in [0.25, 0.3) is 0 Å². The molecule has 0 aromatic heterocycles. The Morgan fingerprint density at radius 3 is 2.68 bits per heavy atom. The first-order chi connectivity index (χ1) is 12.1. The van der Waals surface area contributed by atoms with Crippen LogP contribution in [0.2, 0.25) is 0 Å². The molecule has 0 saturated carbocycles. The average Bonchev–Trinajstić information content (AvgIpc) is 2.65. The van der Waals surface area contributed by atoms with Crippen molar-refractivity contribution >= 4 is 11.8 Å². The summed E-state index contributed by atoms with van der Waals surface area (Å²) in [4.78, 5) is 29.2. The molecule has 2 amide bonds. The van der Waals surface area contributed by atoms with E-state index in [9.17, 15) is 9.59 Å². The van der Waals surface area contributed by atoms with Gasteiger partial charge in [-0.25, -0.2) is 0 Å². The summed E-state index contributed by atoms with van der Waals surface area (Å²) in [5, 5.41) is 0. The molecule has 2 aliphatic heterocycles. The van der Waals surface area contributed by atoms with Crippen molar-refractivity contribution in [2.75, 3.05) is 26.7 Å². The van der Waals surface area contributed by atoms with Gasteiger partial charge in [0.05, 0.1) is 12.6 Å². The van der Waals surface area contributed by atoms with Crippen molar-refractivity contribution in [3.63, 3.8) is 0 Å². The molecular weight excluding hydrogens is 316 g/mol. The van der Waals surface area contributed by atoms with Crippen molar-refractivity contribution in [3.8, 4) is 5.75 Å². The van der Waals surface area contributed by atoms with Crippen molar-refractivity contribution in [1.29, 1.82) is 0 Å². The number of methoxy groups -OCH3 is 1. The number of benzene rings is 1. The largest absolute Gasteiger partial charge is 0.497 e. The van der Waals surface area contributed by atoms with Crippen LogP contribution in [0.1, 0.15) is 42.5 Å². The third kappa shape index (κ3) is 3.41. The maximum Gasteiger partial charge on any atom is 0.253 e. The van der Waals surface area contributed by atoms with E-state index in [-0.39, 0.29) is 17.4 Å². The van der Waals surface area contributed by atoms with E-state index < -0.39 is 0 Å². The molecule has 3 rings (SSSR count). The number of nitrogens with zero attached hydrogens (tertiary/aromatic N) is 2. The lowest BCUT2D eigenvalue weighted by atomic mass is 9.79. The Labute approximate surface area is 149 Å². The summed E-state index contributed by atoms with van der Waals surface area (Å²) in [6.45, 7) is 5.71. The van der Waals surface area contributed by atoms with Crippen LogP contribution in [0.3, 0.4) is 0 Å². The van der Waals surface area contributed by atoms with Gasteiger partial charge < -0.3 is 14.5 Å². The van der Waals surface area contributed by atoms with Crippen LogP contribution < -0.4 is 4.74 Å². The van der Waals surface area contributed by atoms with Gasteiger partial charge in [-0.05, 0) is 49.9 Å². The highest BCUT2D eigenvalue weighted by molar-refractivity contribution is 5.94. The van der Waals surface area contributed by atoms with Crippen LogP contribution in [0.5, 0.6) is 5.75 Å². The first-order valence-electron chi connectivity index (χ1n) is 8.94. The van der Waals surface area contributed by atoms with Gasteiger partial charge >= 0.3 is 0 Å². The Kier molecular flexibility index (Phi) is 5.11. The maximum absolute atomic E-state index is 12.9. The van der Waals surface area contributed by atoms with Crippen molar-refractivity contribution < 1.29 is 14.3 Å². The third-order valence-corrected chi connectivity index (χ3v) is 5.40. The molecule has 0 aliphatic carbocycles. The van der Waals surface area contributed by atoms with Gasteiger partial charge in [-0.1, -0.05) is 6.08 Å². The van der Waals surface area contributed by atoms with Crippen molar-refractivity contribution in [2.24, 2.45) is 0 Å². The minimum Gasteiger partial charge on any atom is -0.497 e. The highest BCUT2D eigenvalue weighted by atomic mass is 16.5. The summed E-state index contributed by atoms with van der Waals surface area (Å²) in [7, 11) is 1.61. The number of carbonyl (C=O) groups is 2. The Morgan fingerprint density at radius 2 is 2.00 bits per heavy atom. The molecule has 1 aromatic rings. The Hall–Kier alpha value is -2.30. The molecule has 1 atom stereocenters. The third-order valence-electron chi connectivity index (χ3n) is 5.40. The van der Waals surface area contributed by atoms with Gasteiger partial charge in [0.1, 0.15) is 5.75 Å². The fourth-order valence-corrected chi connectivity index (χ4v) is 4.15. The predicted molar refractivity (Wildman–Crippen MR) is 96.6 cm³/mol. The fourth-order valence-electron chi connectivity index (χ4n) is 4.15. The van der Waals surface area contributed by atoms with Gasteiger partial charge in [-0.3, -0.25) is 9.59 Å². The summed E-state index contributed by atoms with van der Waals surface area (Å²) < 4.78 is 5.16. The van der Waals surface area contributed by atoms with Crippen molar-refractivity contribution in [2.45, 2.75) is 37.6 Å². The van der Waals surface area contributed by atoms with Crippen LogP contribution in [0.4, 0.5) is 0 Å². The SMILES string of the molecule is C=CCN1C(=O)CCCC12CCCN(C(=O)c1ccc(OC)cc1)C2. The van der Waals surface area contributed by atoms with Crippen LogP contribution in [-0.2, 0) is 4.79 Å². The topological polar surface area (TPSA) is 49.9 Å². The zero-order valence-corrected chi connectivity index (χ0v) is 14.9. The molecule has 5 nitrogen and oxygen atoms in total. The second kappa shape index (κ2) is 7.30. The Bertz CT molecular complexity index is 651. The molecule has 0 bridgehead atoms. The molecule has 0 N–H and O–H groups in total. The van der Waals surface area contributed by atoms with E-state index in [2.05, 4.69) is 6.58 Å². The Morgan fingerprint density at radius 1 is 1.28 bits per heavy atom. The standard InChI is InChI=1S/C20H26N2O3/c1-3-13-22-18(23)6-4-11-20(22)12-5-14-21(15-20)19(24)16-7-9-17(25-2)10-8-16/h3,7-10H,1,4-6,11-15H2,2H3. The van der Waals surface area contributed by atoms with E-state index in [0.717, 1.165) is 38.0 Å². The number of rotatable bonds is 4. The van der Waals surface area contributed by atoms with Crippen molar-refractivity contribution in [1.82, 2.24) is 9.80 Å². The predicted octanol–water partition coefficient (Wildman–Crippen LogP) is 2.87. The molecule has 1 aromatic carbocycles. The molecule has 0 radical (unpaired) electrons. The minimum atomic E-state index is -0.232. The molecule has 2 fully saturated rings. The smallest absolute Gasteiger partial charge is 0.253 e. The van der Waals surface area contributed by atoms with E-state index >= 15 is 0 Å². The summed E-state index contributed by atoms with van der Waals surface area (Å²) in [6, 6.07) is 7.22. The summed E-state index contributed by atoms with van der Waals surface area (Å²) in [5.74, 6) is 0.949. The van der Waals surface area contributed by atoms with Gasteiger partial charge in [0.2, 0.25) is 5.91 Å². The number of hydrogen-bond donors (Lipinski definition) is 0. The van der Waals surface area contributed by atoms with E-state index in [4.69, 9.17) is 4.74 Å². The first kappa shape index (κ1) is 17.5. The minimum absolute atomic E-state index is 0.0262. The highest BCUT2D eigenvalue weighted by Crippen LogP contribution is 2.37. The van der Waals surface area contributed by atoms with Crippen LogP contribution in [-0.4, -0.2) is 53.9 Å². The molecule has 134 valence electrons. The molecule has 5 heteroatoms. The lowest BCUT2D eigenvalue weighted by Crippen LogP contribution is -2.63. The molecule has 1 spiro atoms. The summed E-state index contributed by atoms with van der Waals surface area (Å²) >= 11 is 0. The second-order valence-corrected chi connectivity index (χ2v) is 6.93. The zero-order valence-electron chi connectivity index (χ0n) is 14.9. The molecular formula is C20H26N2O3. The van der Waals surface area contributed by atoms with Crippen LogP contribution >= 0.6 is 0 Å². The molecule has 2 heterocycles. The molecule has 25 heavy (non-hydrogen) atoms.